The summed E-state index contributed by atoms with van der Waals surface area (Å²) in [6.07, 6.45) is 2.71. The van der Waals surface area contributed by atoms with Crippen LogP contribution in [0.4, 0.5) is 0 Å². The van der Waals surface area contributed by atoms with E-state index in [-0.39, 0.29) is 0 Å². The molecular weight excluding hydrogens is 112 g/mol. The second kappa shape index (κ2) is 2.76. The largest absolute Gasteiger partial charge is 0.271 e. The topological polar surface area (TPSA) is 24.7 Å². The van der Waals surface area contributed by atoms with Gasteiger partial charge < -0.3 is 0 Å². The maximum absolute atomic E-state index is 4.19. The normalized spacial score (nSPS) is 19.9. The van der Waals surface area contributed by atoms with Gasteiger partial charge in [-0.05, 0) is 32.4 Å². The summed E-state index contributed by atoms with van der Waals surface area (Å²) in [7, 11) is 0. The van der Waals surface area contributed by atoms with Crippen molar-refractivity contribution in [2.75, 3.05) is 6.54 Å². The molecule has 0 bridgehead atoms. The highest BCUT2D eigenvalue weighted by Crippen LogP contribution is 2.28. The predicted molar refractivity (Wildman–Crippen MR) is 40.2 cm³/mol. The van der Waals surface area contributed by atoms with Gasteiger partial charge in [0.25, 0.3) is 0 Å². The van der Waals surface area contributed by atoms with Crippen molar-refractivity contribution in [3.63, 3.8) is 0 Å². The monoisotopic (exact) mass is 124 g/mol. The Balaban J connectivity index is 2.19. The van der Waals surface area contributed by atoms with E-state index in [9.17, 15) is 0 Å². The van der Waals surface area contributed by atoms with Crippen LogP contribution >= 0.6 is 0 Å². The van der Waals surface area contributed by atoms with E-state index in [1.165, 1.54) is 12.8 Å². The van der Waals surface area contributed by atoms with E-state index in [2.05, 4.69) is 16.7 Å². The lowest BCUT2D eigenvalue weighted by Gasteiger charge is -1.88. The lowest BCUT2D eigenvalue weighted by Crippen LogP contribution is -1.88. The highest BCUT2D eigenvalue weighted by Gasteiger charge is 2.20. The van der Waals surface area contributed by atoms with Crippen LogP contribution in [0.15, 0.2) is 9.98 Å². The molecule has 2 nitrogen and oxygen atoms in total. The molecule has 0 radical (unpaired) electrons. The van der Waals surface area contributed by atoms with Crippen molar-refractivity contribution < 1.29 is 0 Å². The van der Waals surface area contributed by atoms with Gasteiger partial charge in [-0.3, -0.25) is 4.99 Å². The minimum absolute atomic E-state index is 0.821. The highest BCUT2D eigenvalue weighted by molar-refractivity contribution is 5.83. The molecule has 0 unspecified atom stereocenters. The molecule has 2 heteroatoms. The molecule has 0 heterocycles. The highest BCUT2D eigenvalue weighted by atomic mass is 14.9. The van der Waals surface area contributed by atoms with Gasteiger partial charge in [-0.25, -0.2) is 4.99 Å². The molecule has 1 rings (SSSR count). The van der Waals surface area contributed by atoms with Crippen LogP contribution in [0.5, 0.6) is 0 Å². The average Bonchev–Trinajstić information content (AvgIpc) is 2.65. The van der Waals surface area contributed by atoms with Crippen LogP contribution < -0.4 is 0 Å². The third-order valence-corrected chi connectivity index (χ3v) is 1.50. The summed E-state index contributed by atoms with van der Waals surface area (Å²) in [5, 5.41) is 0. The van der Waals surface area contributed by atoms with Crippen LogP contribution in [0.1, 0.15) is 19.8 Å². The molecular formula is C7H12N2. The Hall–Kier alpha value is -0.660. The number of amidine groups is 1. The molecule has 50 valence electrons. The van der Waals surface area contributed by atoms with Crippen LogP contribution in [0.3, 0.4) is 0 Å². The van der Waals surface area contributed by atoms with Crippen LogP contribution in [0.2, 0.25) is 0 Å². The van der Waals surface area contributed by atoms with Crippen molar-refractivity contribution in [3.05, 3.63) is 0 Å². The summed E-state index contributed by atoms with van der Waals surface area (Å²) in [4.78, 5) is 7.88. The van der Waals surface area contributed by atoms with Gasteiger partial charge in [0.2, 0.25) is 0 Å². The minimum atomic E-state index is 0.821. The molecule has 1 aliphatic carbocycles. The number of hydrogen-bond acceptors (Lipinski definition) is 1. The molecule has 1 aliphatic rings. The molecule has 0 saturated heterocycles. The van der Waals surface area contributed by atoms with E-state index in [1.807, 2.05) is 6.92 Å². The van der Waals surface area contributed by atoms with Crippen molar-refractivity contribution in [2.24, 2.45) is 15.9 Å². The molecule has 0 atom stereocenters. The quantitative estimate of drug-likeness (QED) is 0.394. The second-order valence-corrected chi connectivity index (χ2v) is 2.49. The Morgan fingerprint density at radius 3 is 2.78 bits per heavy atom. The lowest BCUT2D eigenvalue weighted by molar-refractivity contribution is 0.846. The van der Waals surface area contributed by atoms with E-state index >= 15 is 0 Å². The first-order valence-corrected chi connectivity index (χ1v) is 3.30. The van der Waals surface area contributed by atoms with E-state index in [0.717, 1.165) is 18.3 Å². The molecule has 0 aliphatic heterocycles. The molecule has 0 amide bonds. The maximum atomic E-state index is 4.19. The zero-order chi connectivity index (χ0) is 6.69. The van der Waals surface area contributed by atoms with Crippen LogP contribution in [0, 0.1) is 5.92 Å². The fraction of sp³-hybridized carbons (Fsp3) is 0.714. The first kappa shape index (κ1) is 6.46. The Kier molecular flexibility index (Phi) is 1.98. The number of nitrogens with zero attached hydrogens (tertiary/aromatic N) is 2. The first-order valence-electron chi connectivity index (χ1n) is 3.30. The van der Waals surface area contributed by atoms with Gasteiger partial charge in [0.15, 0.2) is 0 Å². The van der Waals surface area contributed by atoms with E-state index in [1.54, 1.807) is 0 Å². The molecule has 0 aromatic heterocycles. The lowest BCUT2D eigenvalue weighted by atomic mass is 10.4. The van der Waals surface area contributed by atoms with Crippen molar-refractivity contribution in [3.8, 4) is 0 Å². The van der Waals surface area contributed by atoms with Gasteiger partial charge >= 0.3 is 0 Å². The number of hydrogen-bond donors (Lipinski definition) is 0. The van der Waals surface area contributed by atoms with Crippen molar-refractivity contribution >= 4 is 12.6 Å². The summed E-state index contributed by atoms with van der Waals surface area (Å²) in [6.45, 7) is 6.23. The van der Waals surface area contributed by atoms with Gasteiger partial charge in [0, 0.05) is 6.54 Å². The molecule has 0 aromatic carbocycles. The molecule has 0 N–H and O–H groups in total. The number of rotatable bonds is 2. The Bertz CT molecular complexity index is 134. The summed E-state index contributed by atoms with van der Waals surface area (Å²) in [5.74, 6) is 1.68. The van der Waals surface area contributed by atoms with Gasteiger partial charge in [-0.2, -0.15) is 0 Å². The van der Waals surface area contributed by atoms with Gasteiger partial charge in [-0.1, -0.05) is 0 Å². The zero-order valence-electron chi connectivity index (χ0n) is 5.80. The van der Waals surface area contributed by atoms with Crippen LogP contribution in [0.25, 0.3) is 0 Å². The summed E-state index contributed by atoms with van der Waals surface area (Å²) >= 11 is 0. The Morgan fingerprint density at radius 1 is 1.67 bits per heavy atom. The third-order valence-electron chi connectivity index (χ3n) is 1.50. The van der Waals surface area contributed by atoms with Crippen molar-refractivity contribution in [1.29, 1.82) is 0 Å². The SMILES string of the molecule is C=NC(C)=NCC1CC1. The summed E-state index contributed by atoms with van der Waals surface area (Å²) < 4.78 is 0. The van der Waals surface area contributed by atoms with Gasteiger partial charge in [0.05, 0.1) is 0 Å². The van der Waals surface area contributed by atoms with E-state index in [0.29, 0.717) is 0 Å². The Labute approximate surface area is 55.7 Å². The van der Waals surface area contributed by atoms with Crippen molar-refractivity contribution in [2.45, 2.75) is 19.8 Å². The average molecular weight is 124 g/mol. The fourth-order valence-corrected chi connectivity index (χ4v) is 0.612. The second-order valence-electron chi connectivity index (χ2n) is 2.49. The molecule has 1 fully saturated rings. The van der Waals surface area contributed by atoms with Crippen molar-refractivity contribution in [1.82, 2.24) is 0 Å². The van der Waals surface area contributed by atoms with Gasteiger partial charge in [-0.15, -0.1) is 0 Å². The molecule has 9 heavy (non-hydrogen) atoms. The third kappa shape index (κ3) is 2.40. The maximum Gasteiger partial charge on any atom is 0.119 e. The standard InChI is InChI=1S/C7H12N2/c1-6(8-2)9-5-7-3-4-7/h7H,2-5H2,1H3. The molecule has 1 saturated carbocycles. The minimum Gasteiger partial charge on any atom is -0.271 e. The number of aliphatic imine (C=N–C) groups is 2. The summed E-state index contributed by atoms with van der Waals surface area (Å²) in [6, 6.07) is 0. The van der Waals surface area contributed by atoms with E-state index in [4.69, 9.17) is 0 Å². The predicted octanol–water partition coefficient (Wildman–Crippen LogP) is 1.52. The molecule has 0 aromatic rings. The van der Waals surface area contributed by atoms with Crippen LogP contribution in [-0.4, -0.2) is 19.1 Å². The fourth-order valence-electron chi connectivity index (χ4n) is 0.612. The Morgan fingerprint density at radius 2 is 2.33 bits per heavy atom. The zero-order valence-corrected chi connectivity index (χ0v) is 5.80. The van der Waals surface area contributed by atoms with E-state index < -0.39 is 0 Å². The smallest absolute Gasteiger partial charge is 0.119 e. The summed E-state index contributed by atoms with van der Waals surface area (Å²) in [5.41, 5.74) is 0. The molecule has 0 spiro atoms. The van der Waals surface area contributed by atoms with Gasteiger partial charge in [0.1, 0.15) is 5.84 Å². The van der Waals surface area contributed by atoms with Crippen LogP contribution in [-0.2, 0) is 0 Å². The first-order chi connectivity index (χ1) is 4.33.